The van der Waals surface area contributed by atoms with Crippen LogP contribution < -0.4 is 5.73 Å². The van der Waals surface area contributed by atoms with Crippen molar-refractivity contribution >= 4 is 34.4 Å². The molecule has 0 bridgehead atoms. The largest absolute Gasteiger partial charge is 0.366 e. The number of nitrogens with zero attached hydrogens (tertiary/aromatic N) is 2. The Hall–Kier alpha value is -3.64. The zero-order chi connectivity index (χ0) is 23.7. The number of aromatic amines is 1. The number of carbonyl (C=O) groups is 2. The molecule has 6 nitrogen and oxygen atoms in total. The summed E-state index contributed by atoms with van der Waals surface area (Å²) >= 11 is 6.18. The first kappa shape index (κ1) is 22.2. The molecule has 1 aliphatic rings. The summed E-state index contributed by atoms with van der Waals surface area (Å²) in [6, 6.07) is 20.7. The Bertz CT molecular complexity index is 1360. The van der Waals surface area contributed by atoms with Gasteiger partial charge in [-0.15, -0.1) is 0 Å². The van der Waals surface area contributed by atoms with E-state index >= 15 is 0 Å². The lowest BCUT2D eigenvalue weighted by Crippen LogP contribution is -2.29. The van der Waals surface area contributed by atoms with Gasteiger partial charge in [-0.2, -0.15) is 0 Å². The number of amides is 2. The van der Waals surface area contributed by atoms with E-state index in [0.717, 1.165) is 53.9 Å². The van der Waals surface area contributed by atoms with E-state index in [1.807, 2.05) is 53.4 Å². The first-order chi connectivity index (χ1) is 16.5. The molecule has 1 atom stereocenters. The molecule has 3 aromatic carbocycles. The third-order valence-electron chi connectivity index (χ3n) is 6.43. The topological polar surface area (TPSA) is 92.1 Å². The standard InChI is InChI=1S/C27H25ClN4O2/c28-20-9-11-23-24(16-20)31-26(30-23)22(17-6-2-1-3-7-17)15-19-14-18(25(29)33)8-10-21(19)27(34)32-12-4-5-13-32/h1-3,6-11,14,16,22H,4-5,12-13,15H2,(H2,29,33)(H,30,31). The molecule has 34 heavy (non-hydrogen) atoms. The van der Waals surface area contributed by atoms with Gasteiger partial charge in [0, 0.05) is 35.2 Å². The highest BCUT2D eigenvalue weighted by atomic mass is 35.5. The molecule has 5 rings (SSSR count). The SMILES string of the molecule is NC(=O)c1ccc(C(=O)N2CCCC2)c(CC(c2ccccc2)c2nc3cc(Cl)ccc3[nH]2)c1. The predicted molar refractivity (Wildman–Crippen MR) is 133 cm³/mol. The van der Waals surface area contributed by atoms with E-state index < -0.39 is 5.91 Å². The number of benzene rings is 3. The first-order valence-electron chi connectivity index (χ1n) is 11.4. The van der Waals surface area contributed by atoms with E-state index in [-0.39, 0.29) is 11.8 Å². The average Bonchev–Trinajstić information content (AvgIpc) is 3.52. The number of nitrogens with two attached hydrogens (primary N) is 1. The minimum Gasteiger partial charge on any atom is -0.366 e. The number of imidazole rings is 1. The number of aromatic nitrogens is 2. The van der Waals surface area contributed by atoms with Crippen LogP contribution in [-0.4, -0.2) is 39.8 Å². The second-order valence-electron chi connectivity index (χ2n) is 8.69. The van der Waals surface area contributed by atoms with Gasteiger partial charge in [0.05, 0.1) is 11.0 Å². The molecule has 7 heteroatoms. The molecule has 0 spiro atoms. The van der Waals surface area contributed by atoms with Crippen molar-refractivity contribution in [3.8, 4) is 0 Å². The number of rotatable bonds is 6. The van der Waals surface area contributed by atoms with Crippen LogP contribution in [0.3, 0.4) is 0 Å². The van der Waals surface area contributed by atoms with E-state index in [9.17, 15) is 9.59 Å². The number of carbonyl (C=O) groups excluding carboxylic acids is 2. The van der Waals surface area contributed by atoms with Crippen molar-refractivity contribution in [2.75, 3.05) is 13.1 Å². The Labute approximate surface area is 202 Å². The Morgan fingerprint density at radius 2 is 1.79 bits per heavy atom. The normalized spacial score (nSPS) is 14.4. The summed E-state index contributed by atoms with van der Waals surface area (Å²) in [6.07, 6.45) is 2.50. The van der Waals surface area contributed by atoms with Crippen LogP contribution >= 0.6 is 11.6 Å². The molecule has 2 heterocycles. The molecule has 0 radical (unpaired) electrons. The quantitative estimate of drug-likeness (QED) is 0.417. The van der Waals surface area contributed by atoms with Crippen LogP contribution in [0.4, 0.5) is 0 Å². The summed E-state index contributed by atoms with van der Waals surface area (Å²) in [5, 5.41) is 0.620. The van der Waals surface area contributed by atoms with E-state index in [1.165, 1.54) is 0 Å². The molecular weight excluding hydrogens is 448 g/mol. The molecule has 1 unspecified atom stereocenters. The monoisotopic (exact) mass is 472 g/mol. The van der Waals surface area contributed by atoms with Gasteiger partial charge in [-0.25, -0.2) is 4.98 Å². The van der Waals surface area contributed by atoms with Crippen molar-refractivity contribution < 1.29 is 9.59 Å². The van der Waals surface area contributed by atoms with Crippen molar-refractivity contribution in [3.63, 3.8) is 0 Å². The molecule has 172 valence electrons. The van der Waals surface area contributed by atoms with E-state index in [4.69, 9.17) is 22.3 Å². The number of likely N-dealkylation sites (tertiary alicyclic amines) is 1. The average molecular weight is 473 g/mol. The zero-order valence-electron chi connectivity index (χ0n) is 18.6. The third-order valence-corrected chi connectivity index (χ3v) is 6.67. The highest BCUT2D eigenvalue weighted by Gasteiger charge is 2.26. The molecular formula is C27H25ClN4O2. The van der Waals surface area contributed by atoms with Crippen molar-refractivity contribution in [2.45, 2.75) is 25.2 Å². The van der Waals surface area contributed by atoms with E-state index in [0.29, 0.717) is 22.6 Å². The van der Waals surface area contributed by atoms with Gasteiger partial charge in [0.1, 0.15) is 5.82 Å². The van der Waals surface area contributed by atoms with Crippen LogP contribution in [0.5, 0.6) is 0 Å². The lowest BCUT2D eigenvalue weighted by atomic mass is 9.88. The van der Waals surface area contributed by atoms with Crippen LogP contribution in [0.2, 0.25) is 5.02 Å². The minimum atomic E-state index is -0.518. The van der Waals surface area contributed by atoms with Gasteiger partial charge < -0.3 is 15.6 Å². The highest BCUT2D eigenvalue weighted by Crippen LogP contribution is 2.31. The fraction of sp³-hybridized carbons (Fsp3) is 0.222. The molecule has 2 amide bonds. The number of primary amides is 1. The maximum atomic E-state index is 13.4. The van der Waals surface area contributed by atoms with Gasteiger partial charge in [-0.3, -0.25) is 9.59 Å². The maximum Gasteiger partial charge on any atom is 0.254 e. The summed E-state index contributed by atoms with van der Waals surface area (Å²) in [6.45, 7) is 1.50. The lowest BCUT2D eigenvalue weighted by molar-refractivity contribution is 0.0791. The second-order valence-corrected chi connectivity index (χ2v) is 9.12. The molecule has 1 aliphatic heterocycles. The fourth-order valence-corrected chi connectivity index (χ4v) is 4.82. The zero-order valence-corrected chi connectivity index (χ0v) is 19.4. The Balaban J connectivity index is 1.60. The second kappa shape index (κ2) is 9.31. The van der Waals surface area contributed by atoms with Crippen molar-refractivity contribution in [2.24, 2.45) is 5.73 Å². The highest BCUT2D eigenvalue weighted by molar-refractivity contribution is 6.31. The number of H-pyrrole nitrogens is 1. The summed E-state index contributed by atoms with van der Waals surface area (Å²) < 4.78 is 0. The van der Waals surface area contributed by atoms with Crippen LogP contribution in [0, 0.1) is 0 Å². The van der Waals surface area contributed by atoms with Crippen molar-refractivity contribution in [1.29, 1.82) is 0 Å². The van der Waals surface area contributed by atoms with Crippen LogP contribution in [-0.2, 0) is 6.42 Å². The summed E-state index contributed by atoms with van der Waals surface area (Å²) in [5.41, 5.74) is 10.1. The smallest absolute Gasteiger partial charge is 0.254 e. The molecule has 1 aromatic heterocycles. The molecule has 0 saturated carbocycles. The number of hydrogen-bond donors (Lipinski definition) is 2. The van der Waals surface area contributed by atoms with Gasteiger partial charge in [0.15, 0.2) is 0 Å². The van der Waals surface area contributed by atoms with Crippen LogP contribution in [0.25, 0.3) is 11.0 Å². The Morgan fingerprint density at radius 3 is 2.53 bits per heavy atom. The minimum absolute atomic E-state index is 0.00767. The van der Waals surface area contributed by atoms with Crippen LogP contribution in [0.1, 0.15) is 56.4 Å². The van der Waals surface area contributed by atoms with Gasteiger partial charge in [-0.1, -0.05) is 41.9 Å². The fourth-order valence-electron chi connectivity index (χ4n) is 4.66. The first-order valence-corrected chi connectivity index (χ1v) is 11.8. The number of hydrogen-bond acceptors (Lipinski definition) is 3. The molecule has 3 N–H and O–H groups in total. The van der Waals surface area contributed by atoms with Crippen LogP contribution in [0.15, 0.2) is 66.7 Å². The molecule has 4 aromatic rings. The van der Waals surface area contributed by atoms with Crippen molar-refractivity contribution in [1.82, 2.24) is 14.9 Å². The van der Waals surface area contributed by atoms with Gasteiger partial charge >= 0.3 is 0 Å². The number of fused-ring (bicyclic) bond motifs is 1. The number of nitrogens with one attached hydrogen (secondary N) is 1. The van der Waals surface area contributed by atoms with Gasteiger partial charge in [0.2, 0.25) is 5.91 Å². The van der Waals surface area contributed by atoms with E-state index in [2.05, 4.69) is 4.98 Å². The predicted octanol–water partition coefficient (Wildman–Crippen LogP) is 4.93. The number of halogens is 1. The summed E-state index contributed by atoms with van der Waals surface area (Å²) in [4.78, 5) is 35.4. The third kappa shape index (κ3) is 4.41. The van der Waals surface area contributed by atoms with Crippen molar-refractivity contribution in [3.05, 3.63) is 99.8 Å². The maximum absolute atomic E-state index is 13.4. The van der Waals surface area contributed by atoms with Gasteiger partial charge in [0.25, 0.3) is 5.91 Å². The Kier molecular flexibility index (Phi) is 6.07. The summed E-state index contributed by atoms with van der Waals surface area (Å²) in [5.74, 6) is 0.0796. The molecule has 1 fully saturated rings. The van der Waals surface area contributed by atoms with E-state index in [1.54, 1.807) is 18.2 Å². The Morgan fingerprint density at radius 1 is 1.03 bits per heavy atom. The summed E-state index contributed by atoms with van der Waals surface area (Å²) in [7, 11) is 0. The molecule has 1 saturated heterocycles. The lowest BCUT2D eigenvalue weighted by Gasteiger charge is -2.21. The van der Waals surface area contributed by atoms with Gasteiger partial charge in [-0.05, 0) is 66.8 Å². The molecule has 0 aliphatic carbocycles.